The first kappa shape index (κ1) is 16.8. The van der Waals surface area contributed by atoms with Gasteiger partial charge in [-0.25, -0.2) is 4.79 Å². The van der Waals surface area contributed by atoms with Gasteiger partial charge in [0.25, 0.3) is 0 Å². The Hall–Kier alpha value is -2.30. The molecule has 1 aromatic carbocycles. The maximum absolute atomic E-state index is 11.7. The lowest BCUT2D eigenvalue weighted by molar-refractivity contribution is -0.143. The van der Waals surface area contributed by atoms with Gasteiger partial charge in [-0.05, 0) is 37.6 Å². The highest BCUT2D eigenvalue weighted by molar-refractivity contribution is 5.98. The van der Waals surface area contributed by atoms with Crippen molar-refractivity contribution >= 4 is 18.0 Å². The van der Waals surface area contributed by atoms with Gasteiger partial charge < -0.3 is 14.2 Å². The highest BCUT2D eigenvalue weighted by Gasteiger charge is 2.14. The molecule has 0 fully saturated rings. The SMILES string of the molecule is COC(=O)CC(=Cc1ccc(OC(C)C)cc1)C(=O)OC. The number of methoxy groups -OCH3 is 2. The third-order valence-corrected chi connectivity index (χ3v) is 2.60. The van der Waals surface area contributed by atoms with Crippen molar-refractivity contribution in [2.45, 2.75) is 26.4 Å². The fourth-order valence-electron chi connectivity index (χ4n) is 1.66. The number of hydrogen-bond donors (Lipinski definition) is 0. The summed E-state index contributed by atoms with van der Waals surface area (Å²) in [6, 6.07) is 7.22. The third-order valence-electron chi connectivity index (χ3n) is 2.60. The first-order chi connectivity index (χ1) is 9.96. The fourth-order valence-corrected chi connectivity index (χ4v) is 1.66. The van der Waals surface area contributed by atoms with Crippen LogP contribution in [0.3, 0.4) is 0 Å². The minimum Gasteiger partial charge on any atom is -0.491 e. The molecule has 0 amide bonds. The molecule has 0 aliphatic heterocycles. The summed E-state index contributed by atoms with van der Waals surface area (Å²) in [6.07, 6.45) is 1.56. The van der Waals surface area contributed by atoms with Crippen LogP contribution in [0.4, 0.5) is 0 Å². The fraction of sp³-hybridized carbons (Fsp3) is 0.375. The Kier molecular flexibility index (Phi) is 6.46. The lowest BCUT2D eigenvalue weighted by Crippen LogP contribution is -2.11. The Labute approximate surface area is 124 Å². The molecule has 5 heteroatoms. The van der Waals surface area contributed by atoms with Gasteiger partial charge in [0, 0.05) is 5.57 Å². The highest BCUT2D eigenvalue weighted by atomic mass is 16.5. The van der Waals surface area contributed by atoms with Gasteiger partial charge in [-0.2, -0.15) is 0 Å². The Balaban J connectivity index is 2.93. The predicted octanol–water partition coefficient (Wildman–Crippen LogP) is 2.59. The Bertz CT molecular complexity index is 514. The molecule has 1 aromatic rings. The summed E-state index contributed by atoms with van der Waals surface area (Å²) in [5.74, 6) is -0.302. The molecule has 0 saturated heterocycles. The van der Waals surface area contributed by atoms with Gasteiger partial charge in [0.1, 0.15) is 5.75 Å². The Morgan fingerprint density at radius 3 is 2.19 bits per heavy atom. The zero-order chi connectivity index (χ0) is 15.8. The molecule has 0 unspecified atom stereocenters. The number of rotatable bonds is 6. The molecule has 0 aromatic heterocycles. The van der Waals surface area contributed by atoms with Gasteiger partial charge in [0.05, 0.1) is 26.7 Å². The largest absolute Gasteiger partial charge is 0.491 e. The summed E-state index contributed by atoms with van der Waals surface area (Å²) in [4.78, 5) is 23.0. The summed E-state index contributed by atoms with van der Waals surface area (Å²) in [5.41, 5.74) is 1.01. The number of carbonyl (C=O) groups is 2. The van der Waals surface area contributed by atoms with Crippen LogP contribution < -0.4 is 4.74 Å². The van der Waals surface area contributed by atoms with Crippen LogP contribution in [0, 0.1) is 0 Å². The smallest absolute Gasteiger partial charge is 0.334 e. The molecule has 0 radical (unpaired) electrons. The topological polar surface area (TPSA) is 61.8 Å². The molecular formula is C16H20O5. The van der Waals surface area contributed by atoms with Crippen molar-refractivity contribution in [3.63, 3.8) is 0 Å². The second-order valence-electron chi connectivity index (χ2n) is 4.65. The molecule has 0 heterocycles. The molecular weight excluding hydrogens is 272 g/mol. The number of carbonyl (C=O) groups excluding carboxylic acids is 2. The summed E-state index contributed by atoms with van der Waals surface area (Å²) in [5, 5.41) is 0. The molecule has 0 atom stereocenters. The van der Waals surface area contributed by atoms with Gasteiger partial charge >= 0.3 is 11.9 Å². The van der Waals surface area contributed by atoms with Crippen LogP contribution in [-0.2, 0) is 19.1 Å². The zero-order valence-corrected chi connectivity index (χ0v) is 12.7. The second-order valence-corrected chi connectivity index (χ2v) is 4.65. The Morgan fingerprint density at radius 1 is 1.10 bits per heavy atom. The highest BCUT2D eigenvalue weighted by Crippen LogP contribution is 2.17. The lowest BCUT2D eigenvalue weighted by atomic mass is 10.1. The molecule has 5 nitrogen and oxygen atoms in total. The summed E-state index contributed by atoms with van der Waals surface area (Å²) in [7, 11) is 2.54. The second kappa shape index (κ2) is 8.09. The molecule has 0 saturated carbocycles. The van der Waals surface area contributed by atoms with Crippen LogP contribution >= 0.6 is 0 Å². The first-order valence-corrected chi connectivity index (χ1v) is 6.58. The van der Waals surface area contributed by atoms with E-state index < -0.39 is 11.9 Å². The van der Waals surface area contributed by atoms with E-state index in [9.17, 15) is 9.59 Å². The minimum atomic E-state index is -0.553. The van der Waals surface area contributed by atoms with Crippen LogP contribution in [0.5, 0.6) is 5.75 Å². The van der Waals surface area contributed by atoms with Gasteiger partial charge in [-0.1, -0.05) is 12.1 Å². The van der Waals surface area contributed by atoms with Gasteiger partial charge in [-0.3, -0.25) is 4.79 Å². The lowest BCUT2D eigenvalue weighted by Gasteiger charge is -2.09. The van der Waals surface area contributed by atoms with Crippen molar-refractivity contribution in [2.75, 3.05) is 14.2 Å². The number of hydrogen-bond acceptors (Lipinski definition) is 5. The van der Waals surface area contributed by atoms with E-state index in [1.807, 2.05) is 13.8 Å². The van der Waals surface area contributed by atoms with Crippen LogP contribution in [0.1, 0.15) is 25.8 Å². The summed E-state index contributed by atoms with van der Waals surface area (Å²) < 4.78 is 14.8. The maximum Gasteiger partial charge on any atom is 0.334 e. The molecule has 1 rings (SSSR count). The van der Waals surface area contributed by atoms with Crippen molar-refractivity contribution < 1.29 is 23.8 Å². The van der Waals surface area contributed by atoms with Crippen molar-refractivity contribution in [3.8, 4) is 5.75 Å². The number of benzene rings is 1. The normalized spacial score (nSPS) is 11.2. The van der Waals surface area contributed by atoms with E-state index in [0.717, 1.165) is 11.3 Å². The van der Waals surface area contributed by atoms with Gasteiger partial charge in [-0.15, -0.1) is 0 Å². The van der Waals surface area contributed by atoms with Crippen molar-refractivity contribution in [1.29, 1.82) is 0 Å². The van der Waals surface area contributed by atoms with E-state index in [-0.39, 0.29) is 18.1 Å². The zero-order valence-electron chi connectivity index (χ0n) is 12.7. The molecule has 0 bridgehead atoms. The maximum atomic E-state index is 11.7. The molecule has 0 spiro atoms. The standard InChI is InChI=1S/C16H20O5/c1-11(2)21-14-7-5-12(6-8-14)9-13(16(18)20-4)10-15(17)19-3/h5-9,11H,10H2,1-4H3. The summed E-state index contributed by atoms with van der Waals surface area (Å²) in [6.45, 7) is 3.89. The van der Waals surface area contributed by atoms with Gasteiger partial charge in [0.2, 0.25) is 0 Å². The average Bonchev–Trinajstić information content (AvgIpc) is 2.46. The average molecular weight is 292 g/mol. The molecule has 21 heavy (non-hydrogen) atoms. The van der Waals surface area contributed by atoms with E-state index in [0.29, 0.717) is 0 Å². The Morgan fingerprint density at radius 2 is 1.71 bits per heavy atom. The van der Waals surface area contributed by atoms with Crippen molar-refractivity contribution in [1.82, 2.24) is 0 Å². The molecule has 114 valence electrons. The molecule has 0 N–H and O–H groups in total. The monoisotopic (exact) mass is 292 g/mol. The molecule has 0 aliphatic rings. The van der Waals surface area contributed by atoms with E-state index in [1.165, 1.54) is 14.2 Å². The van der Waals surface area contributed by atoms with Crippen LogP contribution in [0.2, 0.25) is 0 Å². The van der Waals surface area contributed by atoms with E-state index >= 15 is 0 Å². The van der Waals surface area contributed by atoms with Crippen LogP contribution in [-0.4, -0.2) is 32.3 Å². The van der Waals surface area contributed by atoms with Crippen molar-refractivity contribution in [2.24, 2.45) is 0 Å². The minimum absolute atomic E-state index is 0.0938. The van der Waals surface area contributed by atoms with Crippen LogP contribution in [0.15, 0.2) is 29.8 Å². The summed E-state index contributed by atoms with van der Waals surface area (Å²) >= 11 is 0. The van der Waals surface area contributed by atoms with E-state index in [1.54, 1.807) is 30.3 Å². The first-order valence-electron chi connectivity index (χ1n) is 6.58. The quantitative estimate of drug-likeness (QED) is 0.595. The van der Waals surface area contributed by atoms with Crippen molar-refractivity contribution in [3.05, 3.63) is 35.4 Å². The van der Waals surface area contributed by atoms with Crippen LogP contribution in [0.25, 0.3) is 6.08 Å². The number of ether oxygens (including phenoxy) is 3. The number of esters is 2. The van der Waals surface area contributed by atoms with E-state index in [2.05, 4.69) is 9.47 Å². The third kappa shape index (κ3) is 5.69. The molecule has 0 aliphatic carbocycles. The van der Waals surface area contributed by atoms with E-state index in [4.69, 9.17) is 4.74 Å². The van der Waals surface area contributed by atoms with Gasteiger partial charge in [0.15, 0.2) is 0 Å². The predicted molar refractivity (Wildman–Crippen MR) is 78.8 cm³/mol.